The number of halogens is 1. The summed E-state index contributed by atoms with van der Waals surface area (Å²) in [5.41, 5.74) is 0.297. The summed E-state index contributed by atoms with van der Waals surface area (Å²) >= 11 is 3.33. The molecule has 2 aromatic carbocycles. The molecule has 0 aliphatic heterocycles. The van der Waals surface area contributed by atoms with E-state index in [9.17, 15) is 14.4 Å². The van der Waals surface area contributed by atoms with Gasteiger partial charge in [0.05, 0.1) is 13.5 Å². The summed E-state index contributed by atoms with van der Waals surface area (Å²) in [6.45, 7) is 0. The van der Waals surface area contributed by atoms with E-state index in [4.69, 9.17) is 9.15 Å². The molecule has 0 aliphatic carbocycles. The number of benzene rings is 2. The highest BCUT2D eigenvalue weighted by Crippen LogP contribution is 2.20. The average molecular weight is 427 g/mol. The predicted octanol–water partition coefficient (Wildman–Crippen LogP) is 4.42. The standard InChI is InChI=1S/C21H15BrO5/c1-26-17-7-3-13(4-8-17)2-6-16(23)12-19(24)18-11-14-10-15(22)5-9-20(14)27-21(18)25/h2-11H,12H2,1H3. The molecule has 6 heteroatoms. The molecule has 136 valence electrons. The van der Waals surface area contributed by atoms with Crippen LogP contribution in [-0.2, 0) is 4.79 Å². The van der Waals surface area contributed by atoms with Crippen molar-refractivity contribution in [3.8, 4) is 5.75 Å². The summed E-state index contributed by atoms with van der Waals surface area (Å²) in [7, 11) is 1.57. The lowest BCUT2D eigenvalue weighted by molar-refractivity contribution is -0.113. The first kappa shape index (κ1) is 18.8. The first-order chi connectivity index (χ1) is 13.0. The first-order valence-corrected chi connectivity index (χ1v) is 8.87. The predicted molar refractivity (Wildman–Crippen MR) is 106 cm³/mol. The molecular formula is C21H15BrO5. The second kappa shape index (κ2) is 8.14. The number of Topliss-reactive ketones (excluding diaryl/α,β-unsaturated/α-hetero) is 1. The van der Waals surface area contributed by atoms with Gasteiger partial charge in [0.25, 0.3) is 0 Å². The van der Waals surface area contributed by atoms with Gasteiger partial charge in [0, 0.05) is 9.86 Å². The van der Waals surface area contributed by atoms with Crippen LogP contribution in [0.25, 0.3) is 17.0 Å². The minimum absolute atomic E-state index is 0.133. The molecule has 0 spiro atoms. The Hall–Kier alpha value is -2.99. The molecule has 0 saturated carbocycles. The molecular weight excluding hydrogens is 412 g/mol. The monoisotopic (exact) mass is 426 g/mol. The lowest BCUT2D eigenvalue weighted by Gasteiger charge is -2.01. The van der Waals surface area contributed by atoms with Crippen molar-refractivity contribution < 1.29 is 18.7 Å². The lowest BCUT2D eigenvalue weighted by Crippen LogP contribution is -2.16. The van der Waals surface area contributed by atoms with Crippen molar-refractivity contribution in [2.24, 2.45) is 0 Å². The molecule has 0 N–H and O–H groups in total. The van der Waals surface area contributed by atoms with E-state index in [2.05, 4.69) is 15.9 Å². The Morgan fingerprint density at radius 1 is 1.11 bits per heavy atom. The Morgan fingerprint density at radius 2 is 1.85 bits per heavy atom. The van der Waals surface area contributed by atoms with Gasteiger partial charge < -0.3 is 9.15 Å². The van der Waals surface area contributed by atoms with Crippen molar-refractivity contribution >= 4 is 44.5 Å². The fourth-order valence-corrected chi connectivity index (χ4v) is 2.88. The molecule has 3 aromatic rings. The summed E-state index contributed by atoms with van der Waals surface area (Å²) in [4.78, 5) is 36.5. The highest BCUT2D eigenvalue weighted by molar-refractivity contribution is 9.10. The van der Waals surface area contributed by atoms with Crippen LogP contribution < -0.4 is 10.4 Å². The number of hydrogen-bond acceptors (Lipinski definition) is 5. The fraction of sp³-hybridized carbons (Fsp3) is 0.0952. The van der Waals surface area contributed by atoms with Crippen LogP contribution in [-0.4, -0.2) is 18.7 Å². The molecule has 5 nitrogen and oxygen atoms in total. The number of allylic oxidation sites excluding steroid dienone is 1. The minimum Gasteiger partial charge on any atom is -0.497 e. The molecule has 1 heterocycles. The number of fused-ring (bicyclic) bond motifs is 1. The van der Waals surface area contributed by atoms with E-state index in [0.717, 1.165) is 10.0 Å². The Kier molecular flexibility index (Phi) is 5.66. The van der Waals surface area contributed by atoms with Gasteiger partial charge in [-0.05, 0) is 48.0 Å². The summed E-state index contributed by atoms with van der Waals surface area (Å²) in [6.07, 6.45) is 2.52. The third kappa shape index (κ3) is 4.60. The SMILES string of the molecule is COc1ccc(C=CC(=O)CC(=O)c2cc3cc(Br)ccc3oc2=O)cc1. The van der Waals surface area contributed by atoms with Crippen LogP contribution in [0.1, 0.15) is 22.3 Å². The van der Waals surface area contributed by atoms with Crippen molar-refractivity contribution in [2.45, 2.75) is 6.42 Å². The number of methoxy groups -OCH3 is 1. The van der Waals surface area contributed by atoms with Crippen LogP contribution >= 0.6 is 15.9 Å². The Balaban J connectivity index is 1.75. The zero-order valence-corrected chi connectivity index (χ0v) is 16.0. The number of hydrogen-bond donors (Lipinski definition) is 0. The number of carbonyl (C=O) groups excluding carboxylic acids is 2. The van der Waals surface area contributed by atoms with Gasteiger partial charge in [0.2, 0.25) is 0 Å². The van der Waals surface area contributed by atoms with Crippen LogP contribution in [0.15, 0.2) is 68.3 Å². The smallest absolute Gasteiger partial charge is 0.347 e. The number of ketones is 2. The van der Waals surface area contributed by atoms with Crippen LogP contribution in [0, 0.1) is 0 Å². The molecule has 0 bridgehead atoms. The van der Waals surface area contributed by atoms with E-state index in [1.165, 1.54) is 12.1 Å². The molecule has 0 atom stereocenters. The van der Waals surface area contributed by atoms with Crippen LogP contribution in [0.4, 0.5) is 0 Å². The topological polar surface area (TPSA) is 73.6 Å². The van der Waals surface area contributed by atoms with Gasteiger partial charge in [-0.3, -0.25) is 9.59 Å². The van der Waals surface area contributed by atoms with E-state index in [-0.39, 0.29) is 5.56 Å². The normalized spacial score (nSPS) is 11.0. The van der Waals surface area contributed by atoms with Crippen LogP contribution in [0.3, 0.4) is 0 Å². The van der Waals surface area contributed by atoms with E-state index in [1.54, 1.807) is 55.7 Å². The molecule has 0 amide bonds. The maximum atomic E-state index is 12.4. The summed E-state index contributed by atoms with van der Waals surface area (Å²) in [6, 6.07) is 13.7. The van der Waals surface area contributed by atoms with Gasteiger partial charge in [-0.2, -0.15) is 0 Å². The van der Waals surface area contributed by atoms with Crippen molar-refractivity contribution in [1.82, 2.24) is 0 Å². The molecule has 0 aliphatic rings. The van der Waals surface area contributed by atoms with Crippen molar-refractivity contribution in [1.29, 1.82) is 0 Å². The van der Waals surface area contributed by atoms with Crippen molar-refractivity contribution in [2.75, 3.05) is 7.11 Å². The van der Waals surface area contributed by atoms with E-state index in [1.807, 2.05) is 0 Å². The summed E-state index contributed by atoms with van der Waals surface area (Å²) in [5.74, 6) is -0.261. The summed E-state index contributed by atoms with van der Waals surface area (Å²) in [5, 5.41) is 0.605. The first-order valence-electron chi connectivity index (χ1n) is 8.08. The van der Waals surface area contributed by atoms with E-state index >= 15 is 0 Å². The largest absolute Gasteiger partial charge is 0.497 e. The summed E-state index contributed by atoms with van der Waals surface area (Å²) < 4.78 is 11.0. The zero-order chi connectivity index (χ0) is 19.4. The maximum Gasteiger partial charge on any atom is 0.347 e. The molecule has 1 aromatic heterocycles. The molecule has 0 unspecified atom stereocenters. The number of carbonyl (C=O) groups is 2. The van der Waals surface area contributed by atoms with E-state index in [0.29, 0.717) is 16.7 Å². The second-order valence-corrected chi connectivity index (χ2v) is 6.72. The molecule has 0 saturated heterocycles. The van der Waals surface area contributed by atoms with Crippen LogP contribution in [0.2, 0.25) is 0 Å². The highest BCUT2D eigenvalue weighted by Gasteiger charge is 2.16. The molecule has 3 rings (SSSR count). The van der Waals surface area contributed by atoms with E-state index < -0.39 is 23.6 Å². The lowest BCUT2D eigenvalue weighted by atomic mass is 10.1. The highest BCUT2D eigenvalue weighted by atomic mass is 79.9. The Bertz CT molecular complexity index is 1090. The number of ether oxygens (including phenoxy) is 1. The third-order valence-electron chi connectivity index (χ3n) is 3.91. The molecule has 0 fully saturated rings. The van der Waals surface area contributed by atoms with Gasteiger partial charge >= 0.3 is 5.63 Å². The Labute approximate surface area is 163 Å². The van der Waals surface area contributed by atoms with Gasteiger partial charge in [-0.15, -0.1) is 0 Å². The quantitative estimate of drug-likeness (QED) is 0.252. The van der Waals surface area contributed by atoms with Gasteiger partial charge in [-0.25, -0.2) is 4.79 Å². The van der Waals surface area contributed by atoms with Crippen molar-refractivity contribution in [3.05, 3.63) is 80.6 Å². The molecule has 27 heavy (non-hydrogen) atoms. The van der Waals surface area contributed by atoms with Gasteiger partial charge in [-0.1, -0.05) is 34.1 Å². The second-order valence-electron chi connectivity index (χ2n) is 5.80. The van der Waals surface area contributed by atoms with Gasteiger partial charge in [0.15, 0.2) is 11.6 Å². The number of rotatable bonds is 6. The third-order valence-corrected chi connectivity index (χ3v) is 4.40. The fourth-order valence-electron chi connectivity index (χ4n) is 2.51. The van der Waals surface area contributed by atoms with Crippen LogP contribution in [0.5, 0.6) is 5.75 Å². The Morgan fingerprint density at radius 3 is 2.56 bits per heavy atom. The average Bonchev–Trinajstić information content (AvgIpc) is 2.66. The van der Waals surface area contributed by atoms with Gasteiger partial charge in [0.1, 0.15) is 16.9 Å². The van der Waals surface area contributed by atoms with Crippen molar-refractivity contribution in [3.63, 3.8) is 0 Å². The minimum atomic E-state index is -0.748. The zero-order valence-electron chi connectivity index (χ0n) is 14.4. The maximum absolute atomic E-state index is 12.4. The molecule has 0 radical (unpaired) electrons.